The van der Waals surface area contributed by atoms with Crippen molar-refractivity contribution < 1.29 is 0 Å². The molecule has 0 spiro atoms. The third-order valence-electron chi connectivity index (χ3n) is 7.49. The maximum atomic E-state index is 8.37. The molecule has 40 heavy (non-hydrogen) atoms. The molecule has 0 aliphatic carbocycles. The highest BCUT2D eigenvalue weighted by Crippen LogP contribution is 2.56. The van der Waals surface area contributed by atoms with Crippen molar-refractivity contribution in [2.75, 3.05) is 0 Å². The summed E-state index contributed by atoms with van der Waals surface area (Å²) in [5.41, 5.74) is -13.0. The first kappa shape index (κ1) is 43.0. The lowest BCUT2D eigenvalue weighted by Crippen LogP contribution is -2.90. The molecular weight excluding hydrogens is 740 g/mol. The van der Waals surface area contributed by atoms with Gasteiger partial charge < -0.3 is 0 Å². The summed E-state index contributed by atoms with van der Waals surface area (Å²) >= 11 is 58.3. The number of hydrogen-bond donors (Lipinski definition) is 0. The SMILES string of the molecule is CC(C)N(C(C)C)C(C)(C)N(C(C)C)[Si](Cl)(N(C(C)C)C(C)(C)N(C(C)C)C(C)C)[Si](Cl)(Cl)[Si](Cl)(Cl)[Si](Cl)(Cl)Cl. The van der Waals surface area contributed by atoms with Crippen molar-refractivity contribution >= 4 is 113 Å². The van der Waals surface area contributed by atoms with Crippen molar-refractivity contribution in [2.24, 2.45) is 0 Å². The first-order chi connectivity index (χ1) is 17.4. The Bertz CT molecular complexity index is 761. The second-order valence-electron chi connectivity index (χ2n) is 13.3. The van der Waals surface area contributed by atoms with Crippen LogP contribution in [-0.2, 0) is 0 Å². The molecule has 0 saturated heterocycles. The van der Waals surface area contributed by atoms with Crippen molar-refractivity contribution in [2.45, 2.75) is 158 Å². The van der Waals surface area contributed by atoms with E-state index in [1.54, 1.807) is 0 Å². The zero-order valence-electron chi connectivity index (χ0n) is 27.3. The summed E-state index contributed by atoms with van der Waals surface area (Å²) in [6.07, 6.45) is 0. The Morgan fingerprint density at radius 1 is 0.400 bits per heavy atom. The molecule has 0 N–H and O–H groups in total. The van der Waals surface area contributed by atoms with Gasteiger partial charge in [0, 0.05) is 36.3 Å². The summed E-state index contributed by atoms with van der Waals surface area (Å²) in [6.45, 7) is 34.7. The second kappa shape index (κ2) is 14.8. The van der Waals surface area contributed by atoms with Gasteiger partial charge in [0.05, 0.1) is 11.3 Å². The third kappa shape index (κ3) is 8.11. The number of nitrogens with zero attached hydrogens (tertiary/aromatic N) is 4. The van der Waals surface area contributed by atoms with Crippen molar-refractivity contribution in [1.82, 2.24) is 18.9 Å². The highest BCUT2D eigenvalue weighted by molar-refractivity contribution is 8.27. The number of hydrogen-bond acceptors (Lipinski definition) is 4. The van der Waals surface area contributed by atoms with Gasteiger partial charge in [-0.05, 0) is 83.1 Å². The minimum atomic E-state index is -4.04. The highest BCUT2D eigenvalue weighted by atomic mass is 35.9. The zero-order chi connectivity index (χ0) is 32.8. The molecule has 0 bridgehead atoms. The molecule has 0 atom stereocenters. The second-order valence-corrected chi connectivity index (χ2v) is 62.9. The maximum absolute atomic E-state index is 8.37. The Morgan fingerprint density at radius 3 is 0.775 bits per heavy atom. The molecule has 0 fully saturated rings. The van der Waals surface area contributed by atoms with E-state index < -0.39 is 35.5 Å². The standard InChI is InChI=1S/C24H54Cl8N4Si4/c1-17(2)33(18(3)4)23(13,14)35(21(9)10)40(32,39(30,31)38(28,29)37(25,26)27)36(22(11)12)24(15,16)34(19(5)6)20(7)8/h17-22H,1-16H3. The summed E-state index contributed by atoms with van der Waals surface area (Å²) < 4.78 is 4.65. The molecule has 0 aromatic carbocycles. The van der Waals surface area contributed by atoms with Crippen LogP contribution >= 0.6 is 88.6 Å². The molecule has 0 aliphatic rings. The van der Waals surface area contributed by atoms with Crippen LogP contribution in [0.2, 0.25) is 0 Å². The van der Waals surface area contributed by atoms with Gasteiger partial charge in [-0.2, -0.15) is 0 Å². The van der Waals surface area contributed by atoms with Crippen molar-refractivity contribution in [3.63, 3.8) is 0 Å². The first-order valence-corrected chi connectivity index (χ1v) is 33.1. The Kier molecular flexibility index (Phi) is 16.0. The fourth-order valence-corrected chi connectivity index (χ4v) is 92.9. The summed E-state index contributed by atoms with van der Waals surface area (Å²) in [5.74, 6) is 0. The molecule has 0 heterocycles. The van der Waals surface area contributed by atoms with Gasteiger partial charge in [-0.25, -0.2) is 0 Å². The number of halogens is 8. The van der Waals surface area contributed by atoms with Gasteiger partial charge in [0.15, 0.2) is 0 Å². The van der Waals surface area contributed by atoms with E-state index in [1.165, 1.54) is 0 Å². The topological polar surface area (TPSA) is 13.0 Å². The molecule has 0 aromatic rings. The van der Waals surface area contributed by atoms with Crippen LogP contribution in [0.3, 0.4) is 0 Å². The minimum absolute atomic E-state index is 0.0951. The summed E-state index contributed by atoms with van der Waals surface area (Å²) in [7, 11) is -3.88. The monoisotopic (exact) mass is 790 g/mol. The van der Waals surface area contributed by atoms with Crippen LogP contribution in [0.4, 0.5) is 0 Å². The predicted octanol–water partition coefficient (Wildman–Crippen LogP) is 10.0. The first-order valence-electron chi connectivity index (χ1n) is 14.1. The summed E-state index contributed by atoms with van der Waals surface area (Å²) in [6, 6.07) is 0.561. The minimum Gasteiger partial charge on any atom is -0.281 e. The van der Waals surface area contributed by atoms with Crippen LogP contribution in [0.15, 0.2) is 0 Å². The molecule has 0 radical (unpaired) electrons. The lowest BCUT2D eigenvalue weighted by molar-refractivity contribution is -0.0713. The summed E-state index contributed by atoms with van der Waals surface area (Å²) in [4.78, 5) is 4.87. The van der Waals surface area contributed by atoms with Crippen molar-refractivity contribution in [3.05, 3.63) is 0 Å². The Hall–Kier alpha value is 3.03. The van der Waals surface area contributed by atoms with Gasteiger partial charge in [-0.3, -0.25) is 18.9 Å². The van der Waals surface area contributed by atoms with Gasteiger partial charge in [-0.1, -0.05) is 27.7 Å². The normalized spacial score (nSPS) is 15.8. The Balaban J connectivity index is 8.36. The lowest BCUT2D eigenvalue weighted by atomic mass is 10.1. The fourth-order valence-electron chi connectivity index (χ4n) is 7.44. The fraction of sp³-hybridized carbons (Fsp3) is 1.00. The largest absolute Gasteiger partial charge is 0.358 e. The predicted molar refractivity (Wildman–Crippen MR) is 196 cm³/mol. The van der Waals surface area contributed by atoms with Gasteiger partial charge in [0.1, 0.15) is 0 Å². The van der Waals surface area contributed by atoms with E-state index in [0.717, 1.165) is 0 Å². The van der Waals surface area contributed by atoms with Crippen LogP contribution in [0.1, 0.15) is 111 Å². The van der Waals surface area contributed by atoms with Crippen molar-refractivity contribution in [3.8, 4) is 0 Å². The molecule has 0 aliphatic heterocycles. The molecule has 0 amide bonds. The van der Waals surface area contributed by atoms with E-state index in [-0.39, 0.29) is 36.3 Å². The maximum Gasteiger partial charge on any atom is 0.358 e. The van der Waals surface area contributed by atoms with E-state index in [4.69, 9.17) is 88.6 Å². The molecule has 0 rings (SSSR count). The van der Waals surface area contributed by atoms with Gasteiger partial charge >= 0.3 is 24.2 Å². The zero-order valence-corrected chi connectivity index (χ0v) is 37.3. The van der Waals surface area contributed by atoms with E-state index in [0.29, 0.717) is 0 Å². The molecule has 0 unspecified atom stereocenters. The Morgan fingerprint density at radius 2 is 0.625 bits per heavy atom. The van der Waals surface area contributed by atoms with Crippen molar-refractivity contribution in [1.29, 1.82) is 0 Å². The van der Waals surface area contributed by atoms with Crippen LogP contribution in [0.25, 0.3) is 0 Å². The third-order valence-corrected chi connectivity index (χ3v) is 90.3. The van der Waals surface area contributed by atoms with Crippen LogP contribution in [0.5, 0.6) is 0 Å². The average molecular weight is 795 g/mol. The molecular formula is C24H54Cl8N4Si4. The van der Waals surface area contributed by atoms with Crippen LogP contribution in [0, 0.1) is 0 Å². The summed E-state index contributed by atoms with van der Waals surface area (Å²) in [5, 5.41) is 0. The smallest absolute Gasteiger partial charge is 0.281 e. The van der Waals surface area contributed by atoms with E-state index in [1.807, 2.05) is 0 Å². The molecule has 0 aromatic heterocycles. The lowest BCUT2D eigenvalue weighted by Gasteiger charge is -2.66. The van der Waals surface area contributed by atoms with Gasteiger partial charge in [-0.15, -0.1) is 88.6 Å². The van der Waals surface area contributed by atoms with E-state index in [9.17, 15) is 0 Å². The quantitative estimate of drug-likeness (QED) is 0.0930. The van der Waals surface area contributed by atoms with E-state index >= 15 is 0 Å². The molecule has 4 nitrogen and oxygen atoms in total. The average Bonchev–Trinajstić information content (AvgIpc) is 2.62. The molecule has 0 saturated carbocycles. The molecule has 242 valence electrons. The Labute approximate surface area is 287 Å². The molecule has 16 heteroatoms. The van der Waals surface area contributed by atoms with Gasteiger partial charge in [0.25, 0.3) is 0 Å². The van der Waals surface area contributed by atoms with Crippen LogP contribution in [-0.4, -0.2) is 90.7 Å². The van der Waals surface area contributed by atoms with E-state index in [2.05, 4.69) is 130 Å². The van der Waals surface area contributed by atoms with Gasteiger partial charge in [0.2, 0.25) is 0 Å². The van der Waals surface area contributed by atoms with Crippen LogP contribution < -0.4 is 0 Å². The highest BCUT2D eigenvalue weighted by Gasteiger charge is 2.82. The number of rotatable bonds is 15.